The molecule has 2 atom stereocenters. The standard InChI is InChI=1S/C21H26N2O5/c1-21(2,3)18(24)13-17(23-20(26)27)19(25)22-14-9-11-16(12-10-14)28-15-7-5-4-6-8-15/h4-12,17-18,23-24H,13H2,1-3H3,(H,22,25)(H,26,27)/t17-,18?/m0/s1. The summed E-state index contributed by atoms with van der Waals surface area (Å²) in [7, 11) is 0. The second kappa shape index (κ2) is 9.23. The first kappa shape index (κ1) is 21.2. The number of nitrogens with one attached hydrogen (secondary N) is 2. The van der Waals surface area contributed by atoms with E-state index >= 15 is 0 Å². The molecule has 0 saturated heterocycles. The number of anilines is 1. The second-order valence-corrected chi connectivity index (χ2v) is 7.55. The maximum Gasteiger partial charge on any atom is 0.405 e. The third-order valence-electron chi connectivity index (χ3n) is 4.17. The van der Waals surface area contributed by atoms with E-state index in [2.05, 4.69) is 10.6 Å². The number of aliphatic hydroxyl groups excluding tert-OH is 1. The largest absolute Gasteiger partial charge is 0.465 e. The van der Waals surface area contributed by atoms with Crippen molar-refractivity contribution in [3.63, 3.8) is 0 Å². The number of rotatable bonds is 7. The van der Waals surface area contributed by atoms with Crippen molar-refractivity contribution in [2.24, 2.45) is 5.41 Å². The first-order valence-corrected chi connectivity index (χ1v) is 8.96. The highest BCUT2D eigenvalue weighted by molar-refractivity contribution is 5.96. The van der Waals surface area contributed by atoms with Crippen molar-refractivity contribution in [3.05, 3.63) is 54.6 Å². The Morgan fingerprint density at radius 3 is 2.11 bits per heavy atom. The molecule has 0 saturated carbocycles. The lowest BCUT2D eigenvalue weighted by molar-refractivity contribution is -0.119. The Hall–Kier alpha value is -3.06. The predicted octanol–water partition coefficient (Wildman–Crippen LogP) is 3.85. The van der Waals surface area contributed by atoms with Crippen LogP contribution in [0.15, 0.2) is 54.6 Å². The summed E-state index contributed by atoms with van der Waals surface area (Å²) in [5.41, 5.74) is 0.0163. The zero-order chi connectivity index (χ0) is 20.7. The minimum absolute atomic E-state index is 0.0309. The van der Waals surface area contributed by atoms with Crippen LogP contribution in [0.4, 0.5) is 10.5 Å². The fourth-order valence-electron chi connectivity index (χ4n) is 2.42. The van der Waals surface area contributed by atoms with E-state index in [0.29, 0.717) is 17.2 Å². The number of aliphatic hydroxyl groups is 1. The van der Waals surface area contributed by atoms with Crippen LogP contribution in [-0.4, -0.2) is 34.4 Å². The lowest BCUT2D eigenvalue weighted by Crippen LogP contribution is -2.47. The summed E-state index contributed by atoms with van der Waals surface area (Å²) in [5, 5.41) is 24.1. The molecule has 7 heteroatoms. The van der Waals surface area contributed by atoms with Crippen molar-refractivity contribution in [1.82, 2.24) is 5.32 Å². The molecule has 0 aliphatic rings. The summed E-state index contributed by atoms with van der Waals surface area (Å²) in [4.78, 5) is 23.5. The number of benzene rings is 2. The highest BCUT2D eigenvalue weighted by Gasteiger charge is 2.30. The molecule has 28 heavy (non-hydrogen) atoms. The molecule has 2 aromatic carbocycles. The van der Waals surface area contributed by atoms with Gasteiger partial charge in [-0.1, -0.05) is 39.0 Å². The van der Waals surface area contributed by atoms with Gasteiger partial charge in [-0.05, 0) is 41.8 Å². The molecule has 0 fully saturated rings. The molecular formula is C21H26N2O5. The molecule has 0 spiro atoms. The molecule has 0 aromatic heterocycles. The molecule has 4 N–H and O–H groups in total. The van der Waals surface area contributed by atoms with Gasteiger partial charge < -0.3 is 25.6 Å². The van der Waals surface area contributed by atoms with E-state index in [-0.39, 0.29) is 6.42 Å². The van der Waals surface area contributed by atoms with Gasteiger partial charge in [-0.15, -0.1) is 0 Å². The van der Waals surface area contributed by atoms with E-state index in [9.17, 15) is 14.7 Å². The van der Waals surface area contributed by atoms with Gasteiger partial charge in [0.25, 0.3) is 0 Å². The average Bonchev–Trinajstić information content (AvgIpc) is 2.62. The average molecular weight is 386 g/mol. The molecule has 0 radical (unpaired) electrons. The minimum atomic E-state index is -1.33. The Kier molecular flexibility index (Phi) is 7.00. The van der Waals surface area contributed by atoms with Gasteiger partial charge in [-0.3, -0.25) is 4.79 Å². The second-order valence-electron chi connectivity index (χ2n) is 7.55. The maximum atomic E-state index is 12.5. The van der Waals surface area contributed by atoms with Crippen molar-refractivity contribution >= 4 is 17.7 Å². The van der Waals surface area contributed by atoms with Crippen LogP contribution in [-0.2, 0) is 4.79 Å². The fourth-order valence-corrected chi connectivity index (χ4v) is 2.42. The molecule has 7 nitrogen and oxygen atoms in total. The molecule has 150 valence electrons. The number of carboxylic acid groups (broad SMARTS) is 1. The van der Waals surface area contributed by atoms with Gasteiger partial charge in [0.1, 0.15) is 17.5 Å². The zero-order valence-electron chi connectivity index (χ0n) is 16.2. The Labute approximate surface area is 164 Å². The Morgan fingerprint density at radius 2 is 1.57 bits per heavy atom. The molecular weight excluding hydrogens is 360 g/mol. The number of amides is 2. The summed E-state index contributed by atoms with van der Waals surface area (Å²) < 4.78 is 5.69. The van der Waals surface area contributed by atoms with E-state index in [1.807, 2.05) is 51.1 Å². The molecule has 2 aromatic rings. The third kappa shape index (κ3) is 6.59. The predicted molar refractivity (Wildman–Crippen MR) is 107 cm³/mol. The Morgan fingerprint density at radius 1 is 1.00 bits per heavy atom. The molecule has 2 amide bonds. The van der Waals surface area contributed by atoms with Crippen LogP contribution in [0.2, 0.25) is 0 Å². The van der Waals surface area contributed by atoms with Crippen LogP contribution in [0, 0.1) is 5.41 Å². The van der Waals surface area contributed by atoms with E-state index in [4.69, 9.17) is 9.84 Å². The third-order valence-corrected chi connectivity index (χ3v) is 4.17. The molecule has 0 aliphatic heterocycles. The lowest BCUT2D eigenvalue weighted by Gasteiger charge is -2.29. The summed E-state index contributed by atoms with van der Waals surface area (Å²) >= 11 is 0. The van der Waals surface area contributed by atoms with Gasteiger partial charge >= 0.3 is 6.09 Å². The van der Waals surface area contributed by atoms with Crippen LogP contribution in [0.25, 0.3) is 0 Å². The monoisotopic (exact) mass is 386 g/mol. The maximum absolute atomic E-state index is 12.5. The number of hydrogen-bond acceptors (Lipinski definition) is 4. The van der Waals surface area contributed by atoms with E-state index in [1.54, 1.807) is 24.3 Å². The number of carbonyl (C=O) groups is 2. The van der Waals surface area contributed by atoms with Crippen LogP contribution in [0.1, 0.15) is 27.2 Å². The van der Waals surface area contributed by atoms with Gasteiger partial charge in [-0.2, -0.15) is 0 Å². The molecule has 2 rings (SSSR count). The van der Waals surface area contributed by atoms with Gasteiger partial charge in [0.15, 0.2) is 0 Å². The topological polar surface area (TPSA) is 108 Å². The SMILES string of the molecule is CC(C)(C)C(O)C[C@H](NC(=O)O)C(=O)Nc1ccc(Oc2ccccc2)cc1. The quantitative estimate of drug-likeness (QED) is 0.578. The van der Waals surface area contributed by atoms with Gasteiger partial charge in [-0.25, -0.2) is 4.79 Å². The van der Waals surface area contributed by atoms with Crippen molar-refractivity contribution in [2.45, 2.75) is 39.3 Å². The first-order valence-electron chi connectivity index (χ1n) is 8.96. The zero-order valence-corrected chi connectivity index (χ0v) is 16.2. The summed E-state index contributed by atoms with van der Waals surface area (Å²) in [5.74, 6) is 0.760. The number of hydrogen-bond donors (Lipinski definition) is 4. The molecule has 0 bridgehead atoms. The van der Waals surface area contributed by atoms with Crippen molar-refractivity contribution in [2.75, 3.05) is 5.32 Å². The summed E-state index contributed by atoms with van der Waals surface area (Å²) in [6.45, 7) is 5.45. The van der Waals surface area contributed by atoms with Crippen LogP contribution in [0.3, 0.4) is 0 Å². The van der Waals surface area contributed by atoms with Gasteiger partial charge in [0.2, 0.25) is 5.91 Å². The van der Waals surface area contributed by atoms with Crippen molar-refractivity contribution in [1.29, 1.82) is 0 Å². The highest BCUT2D eigenvalue weighted by atomic mass is 16.5. The lowest BCUT2D eigenvalue weighted by atomic mass is 9.85. The number of para-hydroxylation sites is 1. The highest BCUT2D eigenvalue weighted by Crippen LogP contribution is 2.24. The van der Waals surface area contributed by atoms with Gasteiger partial charge in [0, 0.05) is 12.1 Å². The first-order chi connectivity index (χ1) is 13.1. The molecule has 0 aliphatic carbocycles. The van der Waals surface area contributed by atoms with Crippen LogP contribution in [0.5, 0.6) is 11.5 Å². The van der Waals surface area contributed by atoms with Crippen molar-refractivity contribution in [3.8, 4) is 11.5 Å². The number of ether oxygens (including phenoxy) is 1. The van der Waals surface area contributed by atoms with E-state index < -0.39 is 29.6 Å². The fraction of sp³-hybridized carbons (Fsp3) is 0.333. The van der Waals surface area contributed by atoms with Crippen LogP contribution < -0.4 is 15.4 Å². The Bertz CT molecular complexity index is 785. The normalized spacial score (nSPS) is 13.3. The number of carbonyl (C=O) groups excluding carboxylic acids is 1. The summed E-state index contributed by atoms with van der Waals surface area (Å²) in [6, 6.07) is 14.9. The summed E-state index contributed by atoms with van der Waals surface area (Å²) in [6.07, 6.45) is -2.21. The van der Waals surface area contributed by atoms with Crippen molar-refractivity contribution < 1.29 is 24.5 Å². The minimum Gasteiger partial charge on any atom is -0.465 e. The van der Waals surface area contributed by atoms with Gasteiger partial charge in [0.05, 0.1) is 6.10 Å². The van der Waals surface area contributed by atoms with E-state index in [1.165, 1.54) is 0 Å². The smallest absolute Gasteiger partial charge is 0.405 e. The van der Waals surface area contributed by atoms with E-state index in [0.717, 1.165) is 0 Å². The molecule has 0 heterocycles. The molecule has 1 unspecified atom stereocenters. The Balaban J connectivity index is 2.02. The van der Waals surface area contributed by atoms with Crippen LogP contribution >= 0.6 is 0 Å².